The van der Waals surface area contributed by atoms with Crippen LogP contribution in [0.2, 0.25) is 0 Å². The molecule has 3 aromatic carbocycles. The van der Waals surface area contributed by atoms with Crippen molar-refractivity contribution < 1.29 is 0 Å². The summed E-state index contributed by atoms with van der Waals surface area (Å²) in [5, 5.41) is 2.85. The zero-order chi connectivity index (χ0) is 12.7. The molecule has 0 spiro atoms. The predicted octanol–water partition coefficient (Wildman–Crippen LogP) is 4.72. The molecule has 4 aromatic rings. The summed E-state index contributed by atoms with van der Waals surface area (Å²) in [6, 6.07) is 26.3. The van der Waals surface area contributed by atoms with Crippen LogP contribution in [0.15, 0.2) is 72.8 Å². The molecular formula is C18H12Se. The topological polar surface area (TPSA) is 0 Å². The summed E-state index contributed by atoms with van der Waals surface area (Å²) in [6.45, 7) is 0. The molecule has 0 unspecified atom stereocenters. The Balaban J connectivity index is 2.03. The van der Waals surface area contributed by atoms with E-state index in [0.717, 1.165) is 0 Å². The van der Waals surface area contributed by atoms with Crippen molar-refractivity contribution in [3.05, 3.63) is 72.8 Å². The van der Waals surface area contributed by atoms with Gasteiger partial charge < -0.3 is 0 Å². The van der Waals surface area contributed by atoms with Gasteiger partial charge in [-0.1, -0.05) is 0 Å². The van der Waals surface area contributed by atoms with Crippen LogP contribution in [0.5, 0.6) is 0 Å². The molecule has 0 nitrogen and oxygen atoms in total. The first-order valence-corrected chi connectivity index (χ1v) is 8.10. The molecule has 1 aromatic heterocycles. The fraction of sp³-hybridized carbons (Fsp3) is 0. The van der Waals surface area contributed by atoms with E-state index in [1.54, 1.807) is 0 Å². The average Bonchev–Trinajstić information content (AvgIpc) is 2.86. The van der Waals surface area contributed by atoms with Gasteiger partial charge in [-0.2, -0.15) is 0 Å². The van der Waals surface area contributed by atoms with E-state index in [-0.39, 0.29) is 0 Å². The maximum absolute atomic E-state index is 2.35. The van der Waals surface area contributed by atoms with Crippen LogP contribution in [0, 0.1) is 0 Å². The monoisotopic (exact) mass is 308 g/mol. The summed E-state index contributed by atoms with van der Waals surface area (Å²) < 4.78 is 3.02. The molecular weight excluding hydrogens is 295 g/mol. The number of hydrogen-bond acceptors (Lipinski definition) is 0. The molecule has 0 aliphatic heterocycles. The van der Waals surface area contributed by atoms with Gasteiger partial charge in [0.25, 0.3) is 0 Å². The number of rotatable bonds is 1. The number of hydrogen-bond donors (Lipinski definition) is 0. The van der Waals surface area contributed by atoms with E-state index in [0.29, 0.717) is 14.5 Å². The van der Waals surface area contributed by atoms with Gasteiger partial charge in [-0.3, -0.25) is 0 Å². The maximum atomic E-state index is 2.35. The second kappa shape index (κ2) is 4.38. The van der Waals surface area contributed by atoms with Crippen LogP contribution in [-0.2, 0) is 0 Å². The summed E-state index contributed by atoms with van der Waals surface area (Å²) in [5.41, 5.74) is 2.61. The van der Waals surface area contributed by atoms with Gasteiger partial charge in [-0.05, 0) is 0 Å². The molecule has 0 saturated heterocycles. The zero-order valence-electron chi connectivity index (χ0n) is 10.3. The minimum atomic E-state index is 0.473. The third kappa shape index (κ3) is 1.83. The van der Waals surface area contributed by atoms with E-state index in [9.17, 15) is 0 Å². The molecule has 1 heterocycles. The fourth-order valence-electron chi connectivity index (χ4n) is 2.54. The molecule has 0 N–H and O–H groups in total. The zero-order valence-corrected chi connectivity index (χ0v) is 12.0. The SMILES string of the molecule is c1ccc(-c2ccc3[se]c4ccccc4c3c2)cc1. The molecule has 4 rings (SSSR count). The summed E-state index contributed by atoms with van der Waals surface area (Å²) in [4.78, 5) is 0. The van der Waals surface area contributed by atoms with E-state index in [2.05, 4.69) is 72.8 Å². The van der Waals surface area contributed by atoms with Crippen molar-refractivity contribution in [2.75, 3.05) is 0 Å². The van der Waals surface area contributed by atoms with E-state index in [1.807, 2.05) is 0 Å². The van der Waals surface area contributed by atoms with Gasteiger partial charge in [0.05, 0.1) is 0 Å². The van der Waals surface area contributed by atoms with Gasteiger partial charge in [0.1, 0.15) is 0 Å². The Kier molecular flexibility index (Phi) is 2.55. The van der Waals surface area contributed by atoms with Crippen molar-refractivity contribution in [1.82, 2.24) is 0 Å². The molecule has 90 valence electrons. The van der Waals surface area contributed by atoms with E-state index in [1.165, 1.54) is 30.4 Å². The van der Waals surface area contributed by atoms with Gasteiger partial charge in [0.2, 0.25) is 0 Å². The van der Waals surface area contributed by atoms with Crippen molar-refractivity contribution in [2.45, 2.75) is 0 Å². The first-order valence-electron chi connectivity index (χ1n) is 6.38. The molecule has 0 radical (unpaired) electrons. The second-order valence-corrected chi connectivity index (χ2v) is 6.95. The Hall–Kier alpha value is -1.82. The summed E-state index contributed by atoms with van der Waals surface area (Å²) in [7, 11) is 0. The molecule has 0 bridgehead atoms. The van der Waals surface area contributed by atoms with Crippen LogP contribution in [0.4, 0.5) is 0 Å². The van der Waals surface area contributed by atoms with Crippen LogP contribution in [-0.4, -0.2) is 14.5 Å². The molecule has 19 heavy (non-hydrogen) atoms. The van der Waals surface area contributed by atoms with Gasteiger partial charge in [0, 0.05) is 0 Å². The quantitative estimate of drug-likeness (QED) is 0.446. The van der Waals surface area contributed by atoms with E-state index in [4.69, 9.17) is 0 Å². The Bertz CT molecular complexity index is 857. The molecule has 0 atom stereocenters. The van der Waals surface area contributed by atoms with Crippen LogP contribution in [0.1, 0.15) is 0 Å². The van der Waals surface area contributed by atoms with Crippen molar-refractivity contribution in [2.24, 2.45) is 0 Å². The predicted molar refractivity (Wildman–Crippen MR) is 83.8 cm³/mol. The first-order chi connectivity index (χ1) is 9.42. The molecule has 1 heteroatoms. The summed E-state index contributed by atoms with van der Waals surface area (Å²) in [5.74, 6) is 0. The standard InChI is InChI=1S/C18H12Se/c1-2-6-13(7-3-1)14-10-11-18-16(12-14)15-8-4-5-9-17(15)19-18/h1-12H. The Morgan fingerprint density at radius 1 is 0.526 bits per heavy atom. The fourth-order valence-corrected chi connectivity index (χ4v) is 4.82. The third-order valence-corrected chi connectivity index (χ3v) is 5.90. The van der Waals surface area contributed by atoms with Crippen molar-refractivity contribution in [3.8, 4) is 11.1 Å². The summed E-state index contributed by atoms with van der Waals surface area (Å²) >= 11 is 0.473. The van der Waals surface area contributed by atoms with Crippen molar-refractivity contribution >= 4 is 33.8 Å². The average molecular weight is 307 g/mol. The van der Waals surface area contributed by atoms with Gasteiger partial charge in [-0.15, -0.1) is 0 Å². The van der Waals surface area contributed by atoms with Crippen molar-refractivity contribution in [3.63, 3.8) is 0 Å². The number of fused-ring (bicyclic) bond motifs is 3. The third-order valence-electron chi connectivity index (χ3n) is 3.48. The molecule has 0 aliphatic rings. The van der Waals surface area contributed by atoms with Crippen LogP contribution in [0.3, 0.4) is 0 Å². The van der Waals surface area contributed by atoms with Gasteiger partial charge in [-0.25, -0.2) is 0 Å². The minimum absolute atomic E-state index is 0.473. The van der Waals surface area contributed by atoms with Crippen LogP contribution >= 0.6 is 0 Å². The molecule has 0 amide bonds. The van der Waals surface area contributed by atoms with E-state index >= 15 is 0 Å². The number of benzene rings is 3. The van der Waals surface area contributed by atoms with Crippen LogP contribution < -0.4 is 0 Å². The van der Waals surface area contributed by atoms with Gasteiger partial charge in [0.15, 0.2) is 0 Å². The van der Waals surface area contributed by atoms with Gasteiger partial charge >= 0.3 is 118 Å². The van der Waals surface area contributed by atoms with Crippen molar-refractivity contribution in [1.29, 1.82) is 0 Å². The molecule has 0 saturated carbocycles. The van der Waals surface area contributed by atoms with Crippen LogP contribution in [0.25, 0.3) is 30.4 Å². The Labute approximate surface area is 118 Å². The normalized spacial score (nSPS) is 11.2. The van der Waals surface area contributed by atoms with E-state index < -0.39 is 0 Å². The first kappa shape index (κ1) is 11.0. The summed E-state index contributed by atoms with van der Waals surface area (Å²) in [6.07, 6.45) is 0. The Morgan fingerprint density at radius 3 is 2.16 bits per heavy atom. The molecule has 0 aliphatic carbocycles. The second-order valence-electron chi connectivity index (χ2n) is 4.68. The Morgan fingerprint density at radius 2 is 1.26 bits per heavy atom. The molecule has 0 fully saturated rings.